The van der Waals surface area contributed by atoms with E-state index in [1.807, 2.05) is 11.6 Å². The van der Waals surface area contributed by atoms with Crippen LogP contribution in [-0.4, -0.2) is 26.3 Å². The monoisotopic (exact) mass is 348 g/mol. The molecule has 1 atom stereocenters. The van der Waals surface area contributed by atoms with Gasteiger partial charge in [0.05, 0.1) is 0 Å². The standard InChI is InChI=1S/C16H20N4OS2/c1-5-7-23-16-18-15-17-10(3)12(11(4)21)13(20(15)19-16)14-9(2)6-8-22-14/h6,8,13H,5,7H2,1-4H3,(H,17,18,19). The zero-order chi connectivity index (χ0) is 16.6. The molecule has 1 aliphatic heterocycles. The molecule has 3 rings (SSSR count). The average molecular weight is 348 g/mol. The van der Waals surface area contributed by atoms with Crippen molar-refractivity contribution in [3.05, 3.63) is 33.2 Å². The highest BCUT2D eigenvalue weighted by atomic mass is 32.2. The highest BCUT2D eigenvalue weighted by molar-refractivity contribution is 7.99. The third kappa shape index (κ3) is 2.95. The fraction of sp³-hybridized carbons (Fsp3) is 0.438. The summed E-state index contributed by atoms with van der Waals surface area (Å²) >= 11 is 3.31. The number of Topliss-reactive ketones (excluding diaryl/α,β-unsaturated/α-hetero) is 1. The van der Waals surface area contributed by atoms with E-state index in [1.54, 1.807) is 30.0 Å². The topological polar surface area (TPSA) is 59.8 Å². The van der Waals surface area contributed by atoms with Crippen LogP contribution in [0.2, 0.25) is 0 Å². The summed E-state index contributed by atoms with van der Waals surface area (Å²) in [6.07, 6.45) is 1.07. The van der Waals surface area contributed by atoms with Crippen molar-refractivity contribution in [2.45, 2.75) is 45.3 Å². The number of rotatable bonds is 5. The van der Waals surface area contributed by atoms with E-state index in [0.717, 1.165) is 33.5 Å². The highest BCUT2D eigenvalue weighted by Gasteiger charge is 2.34. The van der Waals surface area contributed by atoms with Crippen LogP contribution in [0.4, 0.5) is 5.95 Å². The first-order chi connectivity index (χ1) is 11.0. The van der Waals surface area contributed by atoms with Gasteiger partial charge in [-0.1, -0.05) is 18.7 Å². The molecule has 1 N–H and O–H groups in total. The first kappa shape index (κ1) is 16.3. The normalized spacial score (nSPS) is 17.1. The molecule has 2 aromatic heterocycles. The van der Waals surface area contributed by atoms with Crippen molar-refractivity contribution in [3.8, 4) is 0 Å². The molecule has 0 fully saturated rings. The first-order valence-electron chi connectivity index (χ1n) is 7.65. The third-order valence-corrected chi connectivity index (χ3v) is 5.91. The number of aryl methyl sites for hydroxylation is 1. The lowest BCUT2D eigenvalue weighted by atomic mass is 9.97. The number of aromatic nitrogens is 3. The lowest BCUT2D eigenvalue weighted by molar-refractivity contribution is -0.114. The molecular weight excluding hydrogens is 328 g/mol. The number of thiophene rings is 1. The summed E-state index contributed by atoms with van der Waals surface area (Å²) in [5, 5.41) is 10.7. The number of anilines is 1. The van der Waals surface area contributed by atoms with Crippen LogP contribution in [0.15, 0.2) is 27.9 Å². The summed E-state index contributed by atoms with van der Waals surface area (Å²) in [5.41, 5.74) is 2.81. The molecule has 1 unspecified atom stereocenters. The summed E-state index contributed by atoms with van der Waals surface area (Å²) in [4.78, 5) is 18.0. The van der Waals surface area contributed by atoms with Crippen molar-refractivity contribution in [2.24, 2.45) is 0 Å². The third-order valence-electron chi connectivity index (χ3n) is 3.80. The number of hydrogen-bond acceptors (Lipinski definition) is 6. The van der Waals surface area contributed by atoms with Crippen LogP contribution in [0.5, 0.6) is 0 Å². The molecule has 2 aromatic rings. The number of ketones is 1. The van der Waals surface area contributed by atoms with Gasteiger partial charge in [0.1, 0.15) is 6.04 Å². The Kier molecular flexibility index (Phi) is 4.59. The average Bonchev–Trinajstić information content (AvgIpc) is 3.09. The number of carbonyl (C=O) groups is 1. The van der Waals surface area contributed by atoms with Crippen LogP contribution >= 0.6 is 23.1 Å². The van der Waals surface area contributed by atoms with Gasteiger partial charge in [0.15, 0.2) is 5.78 Å². The number of nitrogens with one attached hydrogen (secondary N) is 1. The second-order valence-corrected chi connectivity index (χ2v) is 7.61. The van der Waals surface area contributed by atoms with E-state index in [2.05, 4.69) is 40.7 Å². The maximum atomic E-state index is 12.3. The summed E-state index contributed by atoms with van der Waals surface area (Å²) in [5.74, 6) is 1.76. The predicted octanol–water partition coefficient (Wildman–Crippen LogP) is 4.03. The van der Waals surface area contributed by atoms with Crippen LogP contribution in [0.3, 0.4) is 0 Å². The summed E-state index contributed by atoms with van der Waals surface area (Å²) in [7, 11) is 0. The van der Waals surface area contributed by atoms with Gasteiger partial charge in [0, 0.05) is 21.9 Å². The molecule has 0 saturated carbocycles. The second-order valence-electron chi connectivity index (χ2n) is 5.60. The van der Waals surface area contributed by atoms with E-state index in [1.165, 1.54) is 5.56 Å². The molecule has 5 nitrogen and oxygen atoms in total. The minimum absolute atomic E-state index is 0.0664. The van der Waals surface area contributed by atoms with Crippen molar-refractivity contribution in [2.75, 3.05) is 11.1 Å². The largest absolute Gasteiger partial charge is 0.328 e. The molecule has 0 spiro atoms. The van der Waals surface area contributed by atoms with Crippen molar-refractivity contribution in [1.82, 2.24) is 14.8 Å². The fourth-order valence-electron chi connectivity index (χ4n) is 2.75. The molecule has 1 aliphatic rings. The van der Waals surface area contributed by atoms with Crippen molar-refractivity contribution in [3.63, 3.8) is 0 Å². The zero-order valence-electron chi connectivity index (χ0n) is 13.7. The summed E-state index contributed by atoms with van der Waals surface area (Å²) in [6.45, 7) is 7.76. The maximum Gasteiger partial charge on any atom is 0.227 e. The summed E-state index contributed by atoms with van der Waals surface area (Å²) in [6, 6.07) is 1.89. The Morgan fingerprint density at radius 1 is 1.48 bits per heavy atom. The molecule has 7 heteroatoms. The lowest BCUT2D eigenvalue weighted by Gasteiger charge is -2.27. The van der Waals surface area contributed by atoms with Gasteiger partial charge in [0.2, 0.25) is 11.1 Å². The van der Waals surface area contributed by atoms with E-state index >= 15 is 0 Å². The maximum absolute atomic E-state index is 12.3. The van der Waals surface area contributed by atoms with Crippen LogP contribution in [-0.2, 0) is 4.79 Å². The molecule has 0 aliphatic carbocycles. The minimum atomic E-state index is -0.188. The van der Waals surface area contributed by atoms with E-state index in [0.29, 0.717) is 5.95 Å². The molecule has 0 bridgehead atoms. The highest BCUT2D eigenvalue weighted by Crippen LogP contribution is 2.39. The molecule has 3 heterocycles. The van der Waals surface area contributed by atoms with Gasteiger partial charge in [-0.15, -0.1) is 16.4 Å². The SMILES string of the molecule is CCCSc1nc2n(n1)C(c1sccc1C)C(C(C)=O)=C(C)N2. The number of carbonyl (C=O) groups excluding carboxylic acids is 1. The molecule has 23 heavy (non-hydrogen) atoms. The number of allylic oxidation sites excluding steroid dienone is 2. The van der Waals surface area contributed by atoms with Gasteiger partial charge >= 0.3 is 0 Å². The quantitative estimate of drug-likeness (QED) is 0.827. The van der Waals surface area contributed by atoms with E-state index < -0.39 is 0 Å². The van der Waals surface area contributed by atoms with E-state index in [4.69, 9.17) is 0 Å². The molecular formula is C16H20N4OS2. The van der Waals surface area contributed by atoms with Gasteiger partial charge in [-0.25, -0.2) is 4.68 Å². The number of nitrogens with zero attached hydrogens (tertiary/aromatic N) is 3. The van der Waals surface area contributed by atoms with E-state index in [-0.39, 0.29) is 11.8 Å². The van der Waals surface area contributed by atoms with Crippen LogP contribution in [0.1, 0.15) is 43.7 Å². The van der Waals surface area contributed by atoms with Gasteiger partial charge in [-0.3, -0.25) is 4.79 Å². The van der Waals surface area contributed by atoms with Gasteiger partial charge in [0.25, 0.3) is 0 Å². The Balaban J connectivity index is 2.11. The second kappa shape index (κ2) is 6.49. The van der Waals surface area contributed by atoms with Gasteiger partial charge in [-0.05, 0) is 44.2 Å². The Labute approximate surface area is 144 Å². The van der Waals surface area contributed by atoms with Crippen LogP contribution < -0.4 is 5.32 Å². The van der Waals surface area contributed by atoms with Gasteiger partial charge in [-0.2, -0.15) is 4.98 Å². The smallest absolute Gasteiger partial charge is 0.227 e. The van der Waals surface area contributed by atoms with Crippen molar-refractivity contribution >= 4 is 34.8 Å². The fourth-order valence-corrected chi connectivity index (χ4v) is 4.45. The zero-order valence-corrected chi connectivity index (χ0v) is 15.3. The molecule has 0 saturated heterocycles. The van der Waals surface area contributed by atoms with Crippen LogP contribution in [0.25, 0.3) is 0 Å². The molecule has 0 amide bonds. The lowest BCUT2D eigenvalue weighted by Crippen LogP contribution is -2.27. The number of thioether (sulfide) groups is 1. The Morgan fingerprint density at radius 3 is 2.87 bits per heavy atom. The summed E-state index contributed by atoms with van der Waals surface area (Å²) < 4.78 is 1.86. The van der Waals surface area contributed by atoms with Crippen LogP contribution in [0, 0.1) is 6.92 Å². The molecule has 0 aromatic carbocycles. The Morgan fingerprint density at radius 2 is 2.26 bits per heavy atom. The first-order valence-corrected chi connectivity index (χ1v) is 9.51. The Hall–Kier alpha value is -1.60. The van der Waals surface area contributed by atoms with Gasteiger partial charge < -0.3 is 5.32 Å². The molecule has 0 radical (unpaired) electrons. The minimum Gasteiger partial charge on any atom is -0.328 e. The number of hydrogen-bond donors (Lipinski definition) is 1. The predicted molar refractivity (Wildman–Crippen MR) is 95.2 cm³/mol. The molecule has 122 valence electrons. The van der Waals surface area contributed by atoms with Crippen molar-refractivity contribution in [1.29, 1.82) is 0 Å². The number of fused-ring (bicyclic) bond motifs is 1. The Bertz CT molecular complexity index is 775. The van der Waals surface area contributed by atoms with Crippen molar-refractivity contribution < 1.29 is 4.79 Å². The van der Waals surface area contributed by atoms with E-state index in [9.17, 15) is 4.79 Å².